The van der Waals surface area contributed by atoms with Gasteiger partial charge in [0, 0.05) is 5.56 Å². The summed E-state index contributed by atoms with van der Waals surface area (Å²) in [5.41, 5.74) is -0.985. The molecule has 0 aliphatic heterocycles. The Labute approximate surface area is 101 Å². The van der Waals surface area contributed by atoms with Gasteiger partial charge in [0.2, 0.25) is 0 Å². The summed E-state index contributed by atoms with van der Waals surface area (Å²) < 4.78 is 30.0. The van der Waals surface area contributed by atoms with E-state index >= 15 is 0 Å². The van der Waals surface area contributed by atoms with Gasteiger partial charge < -0.3 is 14.9 Å². The Bertz CT molecular complexity index is 465. The first-order chi connectivity index (χ1) is 8.47. The molecule has 8 heteroatoms. The van der Waals surface area contributed by atoms with Crippen LogP contribution in [0.25, 0.3) is 0 Å². The molecule has 0 aliphatic carbocycles. The van der Waals surface area contributed by atoms with Crippen molar-refractivity contribution < 1.29 is 23.2 Å². The SMILES string of the molecule is CCOC(=O)Cc1c(C(F)F)ccnc1[N+](=O)[O-]. The minimum absolute atomic E-state index is 0.0664. The maximum absolute atomic E-state index is 12.7. The van der Waals surface area contributed by atoms with Crippen LogP contribution in [0.5, 0.6) is 0 Å². The molecular weight excluding hydrogens is 250 g/mol. The Morgan fingerprint density at radius 1 is 1.61 bits per heavy atom. The van der Waals surface area contributed by atoms with Crippen LogP contribution in [0.1, 0.15) is 24.5 Å². The van der Waals surface area contributed by atoms with E-state index in [0.717, 1.165) is 12.3 Å². The van der Waals surface area contributed by atoms with Crippen LogP contribution in [0.3, 0.4) is 0 Å². The fourth-order valence-corrected chi connectivity index (χ4v) is 1.40. The molecule has 0 unspecified atom stereocenters. The van der Waals surface area contributed by atoms with Gasteiger partial charge >= 0.3 is 11.8 Å². The molecule has 1 heterocycles. The topological polar surface area (TPSA) is 82.3 Å². The number of rotatable bonds is 5. The Hall–Kier alpha value is -2.12. The van der Waals surface area contributed by atoms with Crippen LogP contribution in [0.4, 0.5) is 14.6 Å². The number of carbonyl (C=O) groups is 1. The van der Waals surface area contributed by atoms with Gasteiger partial charge in [-0.2, -0.15) is 0 Å². The van der Waals surface area contributed by atoms with Crippen LogP contribution < -0.4 is 0 Å². The number of nitro groups is 1. The van der Waals surface area contributed by atoms with Gasteiger partial charge in [0.15, 0.2) is 0 Å². The van der Waals surface area contributed by atoms with E-state index in [2.05, 4.69) is 9.72 Å². The predicted molar refractivity (Wildman–Crippen MR) is 56.2 cm³/mol. The molecule has 0 saturated heterocycles. The largest absolute Gasteiger partial charge is 0.466 e. The van der Waals surface area contributed by atoms with E-state index in [4.69, 9.17) is 0 Å². The lowest BCUT2D eigenvalue weighted by Gasteiger charge is -2.07. The zero-order chi connectivity index (χ0) is 13.7. The van der Waals surface area contributed by atoms with Gasteiger partial charge in [0.1, 0.15) is 6.20 Å². The van der Waals surface area contributed by atoms with Gasteiger partial charge in [-0.1, -0.05) is 0 Å². The highest BCUT2D eigenvalue weighted by molar-refractivity contribution is 5.74. The molecule has 6 nitrogen and oxygen atoms in total. The number of alkyl halides is 2. The zero-order valence-corrected chi connectivity index (χ0v) is 9.43. The fraction of sp³-hybridized carbons (Fsp3) is 0.400. The monoisotopic (exact) mass is 260 g/mol. The van der Waals surface area contributed by atoms with Crippen LogP contribution in [0.2, 0.25) is 0 Å². The lowest BCUT2D eigenvalue weighted by atomic mass is 10.1. The summed E-state index contributed by atoms with van der Waals surface area (Å²) in [5, 5.41) is 10.7. The second-order valence-electron chi connectivity index (χ2n) is 3.24. The Morgan fingerprint density at radius 3 is 2.78 bits per heavy atom. The van der Waals surface area contributed by atoms with Crippen LogP contribution in [-0.4, -0.2) is 22.5 Å². The van der Waals surface area contributed by atoms with Crippen molar-refractivity contribution in [3.63, 3.8) is 0 Å². The number of hydrogen-bond acceptors (Lipinski definition) is 5. The first kappa shape index (κ1) is 13.9. The smallest absolute Gasteiger partial charge is 0.367 e. The minimum Gasteiger partial charge on any atom is -0.466 e. The summed E-state index contributed by atoms with van der Waals surface area (Å²) >= 11 is 0. The van der Waals surface area contributed by atoms with E-state index in [0.29, 0.717) is 0 Å². The van der Waals surface area contributed by atoms with E-state index in [1.807, 2.05) is 0 Å². The standard InChI is InChI=1S/C10H10F2N2O4/c1-2-18-8(15)5-7-6(9(11)12)3-4-13-10(7)14(16)17/h3-4,9H,2,5H2,1H3. The first-order valence-electron chi connectivity index (χ1n) is 5.03. The van der Waals surface area contributed by atoms with Crippen LogP contribution in [0.15, 0.2) is 12.3 Å². The van der Waals surface area contributed by atoms with Crippen LogP contribution in [-0.2, 0) is 16.0 Å². The summed E-state index contributed by atoms with van der Waals surface area (Å²) in [6.45, 7) is 1.61. The van der Waals surface area contributed by atoms with E-state index in [1.54, 1.807) is 6.92 Å². The molecule has 98 valence electrons. The molecule has 0 bridgehead atoms. The second-order valence-corrected chi connectivity index (χ2v) is 3.24. The zero-order valence-electron chi connectivity index (χ0n) is 9.43. The molecule has 0 N–H and O–H groups in total. The van der Waals surface area contributed by atoms with Gasteiger partial charge in [0.25, 0.3) is 6.43 Å². The lowest BCUT2D eigenvalue weighted by molar-refractivity contribution is -0.390. The number of pyridine rings is 1. The van der Waals surface area contributed by atoms with E-state index in [1.165, 1.54) is 0 Å². The number of nitrogens with zero attached hydrogens (tertiary/aromatic N) is 2. The van der Waals surface area contributed by atoms with Crippen molar-refractivity contribution in [3.8, 4) is 0 Å². The maximum atomic E-state index is 12.7. The normalized spacial score (nSPS) is 10.4. The summed E-state index contributed by atoms with van der Waals surface area (Å²) in [4.78, 5) is 24.4. The highest BCUT2D eigenvalue weighted by atomic mass is 19.3. The van der Waals surface area contributed by atoms with Gasteiger partial charge in [-0.25, -0.2) is 8.78 Å². The van der Waals surface area contributed by atoms with E-state index in [-0.39, 0.29) is 6.61 Å². The number of carbonyl (C=O) groups excluding carboxylic acids is 1. The van der Waals surface area contributed by atoms with E-state index in [9.17, 15) is 23.7 Å². The Kier molecular flexibility index (Phi) is 4.64. The van der Waals surface area contributed by atoms with Gasteiger partial charge in [-0.15, -0.1) is 0 Å². The lowest BCUT2D eigenvalue weighted by Crippen LogP contribution is -2.12. The minimum atomic E-state index is -2.92. The van der Waals surface area contributed by atoms with Gasteiger partial charge in [-0.3, -0.25) is 4.79 Å². The number of halogens is 2. The summed E-state index contributed by atoms with van der Waals surface area (Å²) in [6.07, 6.45) is -2.61. The van der Waals surface area contributed by atoms with Crippen molar-refractivity contribution in [2.24, 2.45) is 0 Å². The molecule has 0 fully saturated rings. The van der Waals surface area contributed by atoms with Crippen LogP contribution >= 0.6 is 0 Å². The first-order valence-corrected chi connectivity index (χ1v) is 5.03. The molecular formula is C10H10F2N2O4. The Balaban J connectivity index is 3.18. The van der Waals surface area contributed by atoms with Crippen molar-refractivity contribution in [2.75, 3.05) is 6.61 Å². The maximum Gasteiger partial charge on any atom is 0.367 e. The van der Waals surface area contributed by atoms with Crippen molar-refractivity contribution in [1.82, 2.24) is 4.98 Å². The Morgan fingerprint density at radius 2 is 2.28 bits per heavy atom. The summed E-state index contributed by atoms with van der Waals surface area (Å²) in [5.74, 6) is -1.56. The third kappa shape index (κ3) is 3.19. The molecule has 0 aliphatic rings. The molecule has 1 aromatic rings. The van der Waals surface area contributed by atoms with Crippen molar-refractivity contribution >= 4 is 11.8 Å². The van der Waals surface area contributed by atoms with Crippen molar-refractivity contribution in [1.29, 1.82) is 0 Å². The van der Waals surface area contributed by atoms with Crippen molar-refractivity contribution in [2.45, 2.75) is 19.8 Å². The summed E-state index contributed by atoms with van der Waals surface area (Å²) in [7, 11) is 0. The number of aromatic nitrogens is 1. The fourth-order valence-electron chi connectivity index (χ4n) is 1.40. The average molecular weight is 260 g/mol. The van der Waals surface area contributed by atoms with Gasteiger partial charge in [0.05, 0.1) is 18.6 Å². The molecule has 0 spiro atoms. The average Bonchev–Trinajstić information content (AvgIpc) is 2.28. The quantitative estimate of drug-likeness (QED) is 0.459. The van der Waals surface area contributed by atoms with Crippen LogP contribution in [0, 0.1) is 10.1 Å². The third-order valence-electron chi connectivity index (χ3n) is 2.10. The molecule has 18 heavy (non-hydrogen) atoms. The number of esters is 1. The highest BCUT2D eigenvalue weighted by Gasteiger charge is 2.26. The molecule has 0 saturated carbocycles. The predicted octanol–water partition coefficient (Wildman–Crippen LogP) is 2.03. The molecule has 0 atom stereocenters. The number of hydrogen-bond donors (Lipinski definition) is 0. The van der Waals surface area contributed by atoms with E-state index < -0.39 is 40.7 Å². The summed E-state index contributed by atoms with van der Waals surface area (Å²) in [6, 6.07) is 0.951. The highest BCUT2D eigenvalue weighted by Crippen LogP contribution is 2.28. The molecule has 0 aromatic carbocycles. The molecule has 1 aromatic heterocycles. The molecule has 0 amide bonds. The molecule has 1 rings (SSSR count). The number of ether oxygens (including phenoxy) is 1. The second kappa shape index (κ2) is 5.99. The van der Waals surface area contributed by atoms with Crippen molar-refractivity contribution in [3.05, 3.63) is 33.5 Å². The van der Waals surface area contributed by atoms with Gasteiger partial charge in [-0.05, 0) is 22.9 Å². The molecule has 0 radical (unpaired) electrons. The third-order valence-corrected chi connectivity index (χ3v) is 2.10.